The number of hydrogen-bond acceptors (Lipinski definition) is 3. The number of nitrogens with zero attached hydrogens (tertiary/aromatic N) is 2. The Bertz CT molecular complexity index is 1050. The van der Waals surface area contributed by atoms with Crippen LogP contribution in [0.3, 0.4) is 0 Å². The van der Waals surface area contributed by atoms with Gasteiger partial charge in [-0.15, -0.1) is 0 Å². The summed E-state index contributed by atoms with van der Waals surface area (Å²) in [4.78, 5) is 25.2. The number of amides is 1. The van der Waals surface area contributed by atoms with Crippen LogP contribution in [-0.2, 0) is 30.7 Å². The number of fused-ring (bicyclic) bond motifs is 1. The molecular formula is C22H23FN4O2. The monoisotopic (exact) mass is 394 g/mol. The van der Waals surface area contributed by atoms with Crippen molar-refractivity contribution in [3.8, 4) is 0 Å². The van der Waals surface area contributed by atoms with E-state index in [9.17, 15) is 14.0 Å². The summed E-state index contributed by atoms with van der Waals surface area (Å²) in [6.07, 6.45) is 3.77. The summed E-state index contributed by atoms with van der Waals surface area (Å²) in [7, 11) is 0. The third-order valence-corrected chi connectivity index (χ3v) is 5.51. The number of H-pyrrole nitrogens is 1. The van der Waals surface area contributed by atoms with Crippen molar-refractivity contribution >= 4 is 11.7 Å². The summed E-state index contributed by atoms with van der Waals surface area (Å²) in [5.41, 5.74) is 4.56. The second-order valence-corrected chi connectivity index (χ2v) is 7.38. The lowest BCUT2D eigenvalue weighted by atomic mass is 9.92. The third kappa shape index (κ3) is 3.85. The molecule has 1 aliphatic rings. The van der Waals surface area contributed by atoms with Crippen LogP contribution in [0.4, 0.5) is 4.39 Å². The lowest BCUT2D eigenvalue weighted by Crippen LogP contribution is -2.25. The highest BCUT2D eigenvalue weighted by molar-refractivity contribution is 6.01. The van der Waals surface area contributed by atoms with Crippen LogP contribution in [0.15, 0.2) is 36.5 Å². The van der Waals surface area contributed by atoms with Crippen LogP contribution >= 0.6 is 0 Å². The van der Waals surface area contributed by atoms with Crippen LogP contribution in [0, 0.1) is 12.7 Å². The Morgan fingerprint density at radius 1 is 1.28 bits per heavy atom. The summed E-state index contributed by atoms with van der Waals surface area (Å²) in [6, 6.07) is 8.45. The maximum absolute atomic E-state index is 14.2. The van der Waals surface area contributed by atoms with Crippen LogP contribution in [0.25, 0.3) is 0 Å². The molecule has 2 N–H and O–H groups in total. The zero-order valence-corrected chi connectivity index (χ0v) is 16.3. The van der Waals surface area contributed by atoms with E-state index in [-0.39, 0.29) is 23.9 Å². The minimum atomic E-state index is -0.268. The average Bonchev–Trinajstić information content (AvgIpc) is 3.31. The molecule has 0 bridgehead atoms. The topological polar surface area (TPSA) is 79.8 Å². The Labute approximate surface area is 168 Å². The molecule has 0 atom stereocenters. The Balaban J connectivity index is 1.63. The third-order valence-electron chi connectivity index (χ3n) is 5.51. The van der Waals surface area contributed by atoms with Gasteiger partial charge in [0.15, 0.2) is 5.78 Å². The minimum absolute atomic E-state index is 0.0676. The quantitative estimate of drug-likeness (QED) is 0.674. The predicted octanol–water partition coefficient (Wildman–Crippen LogP) is 3.08. The number of nitrogens with one attached hydrogen (secondary N) is 2. The first-order valence-electron chi connectivity index (χ1n) is 9.77. The van der Waals surface area contributed by atoms with E-state index in [2.05, 4.69) is 15.5 Å². The van der Waals surface area contributed by atoms with Gasteiger partial charge in [0.1, 0.15) is 5.82 Å². The van der Waals surface area contributed by atoms with E-state index in [1.165, 1.54) is 6.07 Å². The van der Waals surface area contributed by atoms with E-state index in [0.717, 1.165) is 35.5 Å². The lowest BCUT2D eigenvalue weighted by molar-refractivity contribution is -0.120. The van der Waals surface area contributed by atoms with Gasteiger partial charge >= 0.3 is 0 Å². The molecule has 4 rings (SSSR count). The molecule has 1 amide bonds. The van der Waals surface area contributed by atoms with Crippen molar-refractivity contribution in [2.24, 2.45) is 0 Å². The van der Waals surface area contributed by atoms with Crippen molar-refractivity contribution < 1.29 is 14.0 Å². The number of aromatic nitrogens is 3. The number of benzene rings is 1. The van der Waals surface area contributed by atoms with E-state index in [1.54, 1.807) is 30.5 Å². The van der Waals surface area contributed by atoms with E-state index in [0.29, 0.717) is 30.6 Å². The Morgan fingerprint density at radius 2 is 2.10 bits per heavy atom. The molecule has 7 heteroatoms. The van der Waals surface area contributed by atoms with Crippen LogP contribution in [0.2, 0.25) is 0 Å². The fraction of sp³-hybridized carbons (Fsp3) is 0.318. The zero-order valence-electron chi connectivity index (χ0n) is 16.3. The van der Waals surface area contributed by atoms with Crippen LogP contribution in [0.1, 0.15) is 51.4 Å². The summed E-state index contributed by atoms with van der Waals surface area (Å²) in [6.45, 7) is 2.61. The molecule has 3 aromatic rings. The lowest BCUT2D eigenvalue weighted by Gasteiger charge is -2.16. The van der Waals surface area contributed by atoms with Gasteiger partial charge in [-0.2, -0.15) is 5.10 Å². The van der Waals surface area contributed by atoms with Crippen molar-refractivity contribution in [3.63, 3.8) is 0 Å². The highest BCUT2D eigenvalue weighted by Gasteiger charge is 2.29. The molecule has 0 radical (unpaired) electrons. The zero-order chi connectivity index (χ0) is 20.4. The molecule has 29 heavy (non-hydrogen) atoms. The number of hydrogen-bond donors (Lipinski definition) is 2. The van der Waals surface area contributed by atoms with Gasteiger partial charge < -0.3 is 9.88 Å². The maximum Gasteiger partial charge on any atom is 0.224 e. The second-order valence-electron chi connectivity index (χ2n) is 7.38. The smallest absolute Gasteiger partial charge is 0.224 e. The fourth-order valence-corrected chi connectivity index (χ4v) is 4.01. The molecule has 0 unspecified atom stereocenters. The summed E-state index contributed by atoms with van der Waals surface area (Å²) < 4.78 is 16.2. The van der Waals surface area contributed by atoms with Crippen molar-refractivity contribution in [2.75, 3.05) is 0 Å². The van der Waals surface area contributed by atoms with Crippen molar-refractivity contribution in [1.29, 1.82) is 0 Å². The number of carbonyl (C=O) groups is 2. The van der Waals surface area contributed by atoms with Gasteiger partial charge in [0.25, 0.3) is 0 Å². The van der Waals surface area contributed by atoms with Gasteiger partial charge in [-0.3, -0.25) is 14.7 Å². The minimum Gasteiger partial charge on any atom is -0.350 e. The number of carbonyl (C=O) groups excluding carboxylic acids is 2. The van der Waals surface area contributed by atoms with Crippen molar-refractivity contribution in [1.82, 2.24) is 20.1 Å². The highest BCUT2D eigenvalue weighted by atomic mass is 19.1. The molecule has 0 spiro atoms. The number of Topliss-reactive ketones (excluding diaryl/α,β-unsaturated/α-hetero) is 1. The van der Waals surface area contributed by atoms with Gasteiger partial charge in [0.05, 0.1) is 25.2 Å². The normalized spacial score (nSPS) is 13.4. The molecule has 0 aliphatic heterocycles. The van der Waals surface area contributed by atoms with Gasteiger partial charge in [0, 0.05) is 35.1 Å². The number of ketones is 1. The van der Waals surface area contributed by atoms with Crippen molar-refractivity contribution in [3.05, 3.63) is 76.1 Å². The van der Waals surface area contributed by atoms with E-state index in [1.807, 2.05) is 11.5 Å². The molecule has 0 saturated heterocycles. The summed E-state index contributed by atoms with van der Waals surface area (Å²) in [5.74, 6) is -0.361. The van der Waals surface area contributed by atoms with Gasteiger partial charge in [-0.05, 0) is 37.5 Å². The Kier molecular flexibility index (Phi) is 5.29. The summed E-state index contributed by atoms with van der Waals surface area (Å²) >= 11 is 0. The Morgan fingerprint density at radius 3 is 2.86 bits per heavy atom. The SMILES string of the molecule is Cc1c(CC(=O)NCc2ccn[nH]2)c2c(n1Cc1ccccc1F)CCCC2=O. The highest BCUT2D eigenvalue weighted by Crippen LogP contribution is 2.31. The molecule has 2 heterocycles. The molecule has 0 fully saturated rings. The standard InChI is InChI=1S/C22H23FN4O2/c1-14-17(11-21(29)24-12-16-9-10-25-26-16)22-19(7-4-8-20(22)28)27(14)13-15-5-2-3-6-18(15)23/h2-3,5-6,9-10H,4,7-8,11-13H2,1H3,(H,24,29)(H,25,26). The molecule has 150 valence electrons. The van der Waals surface area contributed by atoms with Gasteiger partial charge in [-0.25, -0.2) is 4.39 Å². The average molecular weight is 394 g/mol. The number of aromatic amines is 1. The number of rotatable bonds is 6. The van der Waals surface area contributed by atoms with Gasteiger partial charge in [0.2, 0.25) is 5.91 Å². The van der Waals surface area contributed by atoms with Crippen molar-refractivity contribution in [2.45, 2.75) is 45.7 Å². The molecule has 1 aromatic carbocycles. The molecule has 6 nitrogen and oxygen atoms in total. The summed E-state index contributed by atoms with van der Waals surface area (Å²) in [5, 5.41) is 9.52. The first-order valence-corrected chi connectivity index (χ1v) is 9.77. The molecule has 1 aliphatic carbocycles. The van der Waals surface area contributed by atoms with Crippen LogP contribution in [0.5, 0.6) is 0 Å². The molecular weight excluding hydrogens is 371 g/mol. The fourth-order valence-electron chi connectivity index (χ4n) is 4.01. The first kappa shape index (κ1) is 19.1. The first-order chi connectivity index (χ1) is 14.0. The largest absolute Gasteiger partial charge is 0.350 e. The number of halogens is 1. The van der Waals surface area contributed by atoms with E-state index < -0.39 is 0 Å². The van der Waals surface area contributed by atoms with Gasteiger partial charge in [-0.1, -0.05) is 18.2 Å². The van der Waals surface area contributed by atoms with E-state index >= 15 is 0 Å². The van der Waals surface area contributed by atoms with Crippen LogP contribution in [-0.4, -0.2) is 26.5 Å². The second kappa shape index (κ2) is 8.03. The molecule has 0 saturated carbocycles. The van der Waals surface area contributed by atoms with Crippen LogP contribution < -0.4 is 5.32 Å². The van der Waals surface area contributed by atoms with E-state index in [4.69, 9.17) is 0 Å². The molecule has 2 aromatic heterocycles. The maximum atomic E-state index is 14.2. The Hall–Kier alpha value is -3.22. The predicted molar refractivity (Wildman–Crippen MR) is 106 cm³/mol.